The van der Waals surface area contributed by atoms with Crippen LogP contribution in [0.25, 0.3) is 0 Å². The van der Waals surface area contributed by atoms with E-state index in [-0.39, 0.29) is 12.7 Å². The molecule has 0 aromatic heterocycles. The third-order valence-corrected chi connectivity index (χ3v) is 5.27. The molecule has 2 rings (SSSR count). The van der Waals surface area contributed by atoms with E-state index in [0.717, 1.165) is 19.5 Å². The Morgan fingerprint density at radius 1 is 1.11 bits per heavy atom. The molecule has 2 fully saturated rings. The first-order chi connectivity index (χ1) is 8.52. The van der Waals surface area contributed by atoms with Crippen LogP contribution in [0, 0.1) is 23.7 Å². The van der Waals surface area contributed by atoms with Crippen LogP contribution in [0.4, 0.5) is 0 Å². The molecule has 3 heteroatoms. The van der Waals surface area contributed by atoms with E-state index < -0.39 is 0 Å². The van der Waals surface area contributed by atoms with E-state index in [4.69, 9.17) is 0 Å². The highest BCUT2D eigenvalue weighted by atomic mass is 16.3. The molecule has 6 unspecified atom stereocenters. The molecule has 1 saturated carbocycles. The summed E-state index contributed by atoms with van der Waals surface area (Å²) in [5.74, 6) is 2.22. The normalized spacial score (nSPS) is 46.5. The van der Waals surface area contributed by atoms with E-state index in [1.807, 2.05) is 0 Å². The largest absolute Gasteiger partial charge is 0.395 e. The van der Waals surface area contributed by atoms with Gasteiger partial charge in [0.2, 0.25) is 0 Å². The summed E-state index contributed by atoms with van der Waals surface area (Å²) in [4.78, 5) is 2.41. The van der Waals surface area contributed by atoms with Crippen LogP contribution in [0.3, 0.4) is 0 Å². The third kappa shape index (κ3) is 2.89. The number of nitrogens with zero attached hydrogens (tertiary/aromatic N) is 1. The van der Waals surface area contributed by atoms with E-state index in [1.54, 1.807) is 0 Å². The van der Waals surface area contributed by atoms with E-state index in [0.29, 0.717) is 29.7 Å². The molecule has 1 saturated heterocycles. The van der Waals surface area contributed by atoms with Gasteiger partial charge in [-0.1, -0.05) is 20.8 Å². The van der Waals surface area contributed by atoms with Crippen LogP contribution in [0.5, 0.6) is 0 Å². The number of aliphatic hydroxyl groups is 2. The first kappa shape index (κ1) is 14.3. The fourth-order valence-electron chi connectivity index (χ4n) is 4.05. The highest BCUT2D eigenvalue weighted by Crippen LogP contribution is 2.36. The Morgan fingerprint density at radius 2 is 1.83 bits per heavy atom. The molecule has 18 heavy (non-hydrogen) atoms. The summed E-state index contributed by atoms with van der Waals surface area (Å²) in [6.07, 6.45) is 3.20. The standard InChI is InChI=1S/C15H29NO2/c1-10-6-12(3)13(15(18)7-10)8-16-5-4-11(2)14(16)9-17/h10-15,17-18H,4-9H2,1-3H3. The van der Waals surface area contributed by atoms with Gasteiger partial charge >= 0.3 is 0 Å². The van der Waals surface area contributed by atoms with Crippen LogP contribution >= 0.6 is 0 Å². The zero-order valence-corrected chi connectivity index (χ0v) is 12.0. The lowest BCUT2D eigenvalue weighted by Gasteiger charge is -2.40. The summed E-state index contributed by atoms with van der Waals surface area (Å²) in [5.41, 5.74) is 0. The molecule has 0 aromatic carbocycles. The van der Waals surface area contributed by atoms with Crippen molar-refractivity contribution in [3.05, 3.63) is 0 Å². The molecule has 1 aliphatic carbocycles. The number of rotatable bonds is 3. The Bertz CT molecular complexity index is 259. The highest BCUT2D eigenvalue weighted by molar-refractivity contribution is 4.90. The minimum atomic E-state index is -0.154. The predicted octanol–water partition coefficient (Wildman–Crippen LogP) is 1.73. The highest BCUT2D eigenvalue weighted by Gasteiger charge is 2.38. The summed E-state index contributed by atoms with van der Waals surface area (Å²) < 4.78 is 0. The van der Waals surface area contributed by atoms with E-state index >= 15 is 0 Å². The summed E-state index contributed by atoms with van der Waals surface area (Å²) >= 11 is 0. The summed E-state index contributed by atoms with van der Waals surface area (Å²) in [7, 11) is 0. The van der Waals surface area contributed by atoms with Gasteiger partial charge in [-0.05, 0) is 43.6 Å². The lowest BCUT2D eigenvalue weighted by Crippen LogP contribution is -2.45. The first-order valence-corrected chi connectivity index (χ1v) is 7.55. The van der Waals surface area contributed by atoms with Crippen molar-refractivity contribution in [2.24, 2.45) is 23.7 Å². The van der Waals surface area contributed by atoms with Gasteiger partial charge in [0, 0.05) is 18.5 Å². The smallest absolute Gasteiger partial charge is 0.0589 e. The lowest BCUT2D eigenvalue weighted by atomic mass is 9.73. The number of aliphatic hydroxyl groups excluding tert-OH is 2. The van der Waals surface area contributed by atoms with E-state index in [9.17, 15) is 10.2 Å². The number of hydrogen-bond acceptors (Lipinski definition) is 3. The Labute approximate surface area is 111 Å². The quantitative estimate of drug-likeness (QED) is 0.807. The van der Waals surface area contributed by atoms with Gasteiger partial charge in [0.25, 0.3) is 0 Å². The molecule has 2 N–H and O–H groups in total. The van der Waals surface area contributed by atoms with Crippen molar-refractivity contribution in [3.8, 4) is 0 Å². The second-order valence-electron chi connectivity index (χ2n) is 6.80. The van der Waals surface area contributed by atoms with Crippen LogP contribution in [0.1, 0.15) is 40.0 Å². The van der Waals surface area contributed by atoms with Crippen molar-refractivity contribution in [2.45, 2.75) is 52.2 Å². The minimum Gasteiger partial charge on any atom is -0.395 e. The van der Waals surface area contributed by atoms with E-state index in [1.165, 1.54) is 12.8 Å². The van der Waals surface area contributed by atoms with Gasteiger partial charge in [0.15, 0.2) is 0 Å². The van der Waals surface area contributed by atoms with Crippen LogP contribution in [0.2, 0.25) is 0 Å². The summed E-state index contributed by atoms with van der Waals surface area (Å²) in [5, 5.41) is 19.8. The minimum absolute atomic E-state index is 0.154. The van der Waals surface area contributed by atoms with Crippen LogP contribution < -0.4 is 0 Å². The van der Waals surface area contributed by atoms with Gasteiger partial charge in [-0.3, -0.25) is 4.90 Å². The molecule has 1 aliphatic heterocycles. The molecule has 0 spiro atoms. The maximum atomic E-state index is 10.3. The zero-order valence-electron chi connectivity index (χ0n) is 12.0. The average molecular weight is 255 g/mol. The average Bonchev–Trinajstić information content (AvgIpc) is 2.64. The molecular formula is C15H29NO2. The Hall–Kier alpha value is -0.120. The molecule has 0 aromatic rings. The Balaban J connectivity index is 1.96. The Kier molecular flexibility index (Phi) is 4.68. The van der Waals surface area contributed by atoms with Gasteiger partial charge in [-0.25, -0.2) is 0 Å². The van der Waals surface area contributed by atoms with Crippen molar-refractivity contribution in [3.63, 3.8) is 0 Å². The third-order valence-electron chi connectivity index (χ3n) is 5.27. The second kappa shape index (κ2) is 5.89. The molecule has 106 valence electrons. The molecule has 1 heterocycles. The fourth-order valence-corrected chi connectivity index (χ4v) is 4.05. The molecule has 6 atom stereocenters. The van der Waals surface area contributed by atoms with Crippen molar-refractivity contribution in [2.75, 3.05) is 19.7 Å². The van der Waals surface area contributed by atoms with E-state index in [2.05, 4.69) is 25.7 Å². The van der Waals surface area contributed by atoms with Crippen molar-refractivity contribution in [1.82, 2.24) is 4.90 Å². The Morgan fingerprint density at radius 3 is 2.44 bits per heavy atom. The first-order valence-electron chi connectivity index (χ1n) is 7.55. The molecule has 2 aliphatic rings. The van der Waals surface area contributed by atoms with Gasteiger partial charge in [-0.2, -0.15) is 0 Å². The summed E-state index contributed by atoms with van der Waals surface area (Å²) in [6.45, 7) is 9.04. The SMILES string of the molecule is CC1CC(C)C(CN2CCC(C)C2CO)C(O)C1. The van der Waals surface area contributed by atoms with Crippen molar-refractivity contribution < 1.29 is 10.2 Å². The van der Waals surface area contributed by atoms with Gasteiger partial charge in [0.05, 0.1) is 12.7 Å². The fraction of sp³-hybridized carbons (Fsp3) is 1.00. The van der Waals surface area contributed by atoms with Crippen LogP contribution in [-0.4, -0.2) is 47.0 Å². The monoisotopic (exact) mass is 255 g/mol. The number of hydrogen-bond donors (Lipinski definition) is 2. The van der Waals surface area contributed by atoms with Crippen LogP contribution in [-0.2, 0) is 0 Å². The lowest BCUT2D eigenvalue weighted by molar-refractivity contribution is -0.00924. The summed E-state index contributed by atoms with van der Waals surface area (Å²) in [6, 6.07) is 0.309. The predicted molar refractivity (Wildman–Crippen MR) is 73.3 cm³/mol. The van der Waals surface area contributed by atoms with Crippen molar-refractivity contribution >= 4 is 0 Å². The molecule has 0 bridgehead atoms. The van der Waals surface area contributed by atoms with Crippen molar-refractivity contribution in [1.29, 1.82) is 0 Å². The van der Waals surface area contributed by atoms with Gasteiger partial charge in [0.1, 0.15) is 0 Å². The molecule has 3 nitrogen and oxygen atoms in total. The van der Waals surface area contributed by atoms with Gasteiger partial charge in [-0.15, -0.1) is 0 Å². The molecular weight excluding hydrogens is 226 g/mol. The maximum Gasteiger partial charge on any atom is 0.0589 e. The second-order valence-corrected chi connectivity index (χ2v) is 6.80. The topological polar surface area (TPSA) is 43.7 Å². The maximum absolute atomic E-state index is 10.3. The van der Waals surface area contributed by atoms with Gasteiger partial charge < -0.3 is 10.2 Å². The molecule has 0 radical (unpaired) electrons. The number of likely N-dealkylation sites (tertiary alicyclic amines) is 1. The zero-order chi connectivity index (χ0) is 13.3. The molecule has 0 amide bonds. The van der Waals surface area contributed by atoms with Crippen LogP contribution in [0.15, 0.2) is 0 Å².